The molecule has 0 aromatic heterocycles. The number of ether oxygens (including phenoxy) is 1. The molecular formula is C24H32N2O3. The lowest BCUT2D eigenvalue weighted by Crippen LogP contribution is -2.51. The van der Waals surface area contributed by atoms with E-state index in [9.17, 15) is 9.59 Å². The van der Waals surface area contributed by atoms with Gasteiger partial charge in [0.2, 0.25) is 5.91 Å². The molecule has 29 heavy (non-hydrogen) atoms. The first-order valence-corrected chi connectivity index (χ1v) is 10.3. The van der Waals surface area contributed by atoms with Gasteiger partial charge in [-0.25, -0.2) is 0 Å². The Hall–Kier alpha value is -2.82. The molecule has 0 saturated heterocycles. The number of aryl methyl sites for hydroxylation is 2. The van der Waals surface area contributed by atoms with Crippen LogP contribution in [0.25, 0.3) is 0 Å². The van der Waals surface area contributed by atoms with Gasteiger partial charge >= 0.3 is 0 Å². The summed E-state index contributed by atoms with van der Waals surface area (Å²) in [4.78, 5) is 27.2. The summed E-state index contributed by atoms with van der Waals surface area (Å²) in [7, 11) is 0. The molecule has 0 aliphatic rings. The highest BCUT2D eigenvalue weighted by molar-refractivity contribution is 5.88. The van der Waals surface area contributed by atoms with Crippen LogP contribution in [0.5, 0.6) is 5.75 Å². The number of nitrogens with zero attached hydrogens (tertiary/aromatic N) is 1. The second-order valence-corrected chi connectivity index (χ2v) is 7.18. The molecule has 1 atom stereocenters. The Morgan fingerprint density at radius 3 is 2.38 bits per heavy atom. The van der Waals surface area contributed by atoms with E-state index < -0.39 is 6.04 Å². The molecular weight excluding hydrogens is 364 g/mol. The van der Waals surface area contributed by atoms with Gasteiger partial charge in [-0.1, -0.05) is 43.3 Å². The van der Waals surface area contributed by atoms with Crippen LogP contribution in [-0.4, -0.2) is 42.5 Å². The lowest BCUT2D eigenvalue weighted by Gasteiger charge is -2.30. The maximum absolute atomic E-state index is 13.0. The standard InChI is InChI=1S/C24H32N2O3/c1-5-22(24(28)25-6-2)26(15-14-20-10-8-7-9-11-20)23(27)17-29-21-13-12-18(3)19(4)16-21/h7-13,16,22H,5-6,14-15,17H2,1-4H3,(H,25,28)/t22-/m1/s1. The van der Waals surface area contributed by atoms with Crippen LogP contribution in [0.3, 0.4) is 0 Å². The third kappa shape index (κ3) is 6.63. The van der Waals surface area contributed by atoms with E-state index in [1.165, 1.54) is 5.56 Å². The highest BCUT2D eigenvalue weighted by atomic mass is 16.5. The first kappa shape index (κ1) is 22.5. The van der Waals surface area contributed by atoms with Crippen molar-refractivity contribution in [2.45, 2.75) is 46.6 Å². The van der Waals surface area contributed by atoms with Gasteiger partial charge in [0.25, 0.3) is 5.91 Å². The van der Waals surface area contributed by atoms with E-state index in [2.05, 4.69) is 5.32 Å². The predicted octanol–water partition coefficient (Wildman–Crippen LogP) is 3.67. The molecule has 0 aliphatic heterocycles. The van der Waals surface area contributed by atoms with Crippen molar-refractivity contribution in [2.24, 2.45) is 0 Å². The second kappa shape index (κ2) is 11.2. The third-order valence-corrected chi connectivity index (χ3v) is 5.06. The second-order valence-electron chi connectivity index (χ2n) is 7.18. The fourth-order valence-corrected chi connectivity index (χ4v) is 3.22. The zero-order valence-corrected chi connectivity index (χ0v) is 17.9. The Balaban J connectivity index is 2.11. The fourth-order valence-electron chi connectivity index (χ4n) is 3.22. The van der Waals surface area contributed by atoms with Crippen LogP contribution in [0.4, 0.5) is 0 Å². The van der Waals surface area contributed by atoms with Crippen LogP contribution in [0, 0.1) is 13.8 Å². The maximum Gasteiger partial charge on any atom is 0.261 e. The van der Waals surface area contributed by atoms with Crippen LogP contribution < -0.4 is 10.1 Å². The van der Waals surface area contributed by atoms with Crippen LogP contribution in [0.2, 0.25) is 0 Å². The van der Waals surface area contributed by atoms with Crippen LogP contribution >= 0.6 is 0 Å². The number of amides is 2. The molecule has 156 valence electrons. The van der Waals surface area contributed by atoms with Gasteiger partial charge in [0.05, 0.1) is 0 Å². The summed E-state index contributed by atoms with van der Waals surface area (Å²) in [5.74, 6) is 0.357. The van der Waals surface area contributed by atoms with Crippen molar-refractivity contribution in [1.82, 2.24) is 10.2 Å². The van der Waals surface area contributed by atoms with Gasteiger partial charge in [-0.2, -0.15) is 0 Å². The van der Waals surface area contributed by atoms with E-state index in [1.54, 1.807) is 4.90 Å². The Bertz CT molecular complexity index is 805. The smallest absolute Gasteiger partial charge is 0.261 e. The Kier molecular flexibility index (Phi) is 8.71. The van der Waals surface area contributed by atoms with E-state index in [-0.39, 0.29) is 18.4 Å². The third-order valence-electron chi connectivity index (χ3n) is 5.06. The molecule has 2 amide bonds. The van der Waals surface area contributed by atoms with Crippen molar-refractivity contribution in [3.05, 3.63) is 65.2 Å². The van der Waals surface area contributed by atoms with Crippen molar-refractivity contribution in [1.29, 1.82) is 0 Å². The van der Waals surface area contributed by atoms with Crippen LogP contribution in [0.1, 0.15) is 37.0 Å². The van der Waals surface area contributed by atoms with Crippen LogP contribution in [0.15, 0.2) is 48.5 Å². The van der Waals surface area contributed by atoms with Crippen molar-refractivity contribution < 1.29 is 14.3 Å². The number of rotatable bonds is 10. The molecule has 2 aromatic carbocycles. The minimum Gasteiger partial charge on any atom is -0.484 e. The summed E-state index contributed by atoms with van der Waals surface area (Å²) in [5.41, 5.74) is 3.42. The van der Waals surface area contributed by atoms with Gasteiger partial charge in [0.15, 0.2) is 6.61 Å². The van der Waals surface area contributed by atoms with Crippen LogP contribution in [-0.2, 0) is 16.0 Å². The highest BCUT2D eigenvalue weighted by Crippen LogP contribution is 2.17. The average molecular weight is 397 g/mol. The van der Waals surface area contributed by atoms with Crippen molar-refractivity contribution in [3.8, 4) is 5.75 Å². The SMILES string of the molecule is CCNC(=O)[C@@H](CC)N(CCc1ccccc1)C(=O)COc1ccc(C)c(C)c1. The van der Waals surface area contributed by atoms with E-state index in [0.29, 0.717) is 31.7 Å². The summed E-state index contributed by atoms with van der Waals surface area (Å²) in [6.45, 7) is 8.76. The van der Waals surface area contributed by atoms with Crippen molar-refractivity contribution >= 4 is 11.8 Å². The Morgan fingerprint density at radius 2 is 1.76 bits per heavy atom. The quantitative estimate of drug-likeness (QED) is 0.667. The average Bonchev–Trinajstić information content (AvgIpc) is 2.72. The van der Waals surface area contributed by atoms with E-state index >= 15 is 0 Å². The molecule has 2 rings (SSSR count). The zero-order chi connectivity index (χ0) is 21.2. The molecule has 0 heterocycles. The molecule has 0 unspecified atom stereocenters. The summed E-state index contributed by atoms with van der Waals surface area (Å²) in [5, 5.41) is 2.84. The van der Waals surface area contributed by atoms with Gasteiger partial charge in [-0.3, -0.25) is 9.59 Å². The monoisotopic (exact) mass is 396 g/mol. The minimum atomic E-state index is -0.505. The number of nitrogens with one attached hydrogen (secondary N) is 1. The van der Waals surface area contributed by atoms with Gasteiger partial charge in [-0.05, 0) is 62.4 Å². The molecule has 0 aliphatic carbocycles. The van der Waals surface area contributed by atoms with Crippen molar-refractivity contribution in [2.75, 3.05) is 19.7 Å². The predicted molar refractivity (Wildman–Crippen MR) is 116 cm³/mol. The van der Waals surface area contributed by atoms with Gasteiger partial charge in [0, 0.05) is 13.1 Å². The first-order valence-electron chi connectivity index (χ1n) is 10.3. The largest absolute Gasteiger partial charge is 0.484 e. The van der Waals surface area contributed by atoms with E-state index in [1.807, 2.05) is 76.2 Å². The molecule has 5 heteroatoms. The molecule has 1 N–H and O–H groups in total. The fraction of sp³-hybridized carbons (Fsp3) is 0.417. The summed E-state index contributed by atoms with van der Waals surface area (Å²) in [6.07, 6.45) is 1.24. The summed E-state index contributed by atoms with van der Waals surface area (Å²) in [6, 6.07) is 15.2. The number of likely N-dealkylation sites (N-methyl/N-ethyl adjacent to an activating group) is 1. The van der Waals surface area contributed by atoms with Gasteiger partial charge in [0.1, 0.15) is 11.8 Å². The summed E-state index contributed by atoms with van der Waals surface area (Å²) >= 11 is 0. The van der Waals surface area contributed by atoms with Crippen molar-refractivity contribution in [3.63, 3.8) is 0 Å². The molecule has 0 bridgehead atoms. The zero-order valence-electron chi connectivity index (χ0n) is 17.9. The van der Waals surface area contributed by atoms with Gasteiger partial charge < -0.3 is 15.0 Å². The summed E-state index contributed by atoms with van der Waals surface area (Å²) < 4.78 is 5.75. The molecule has 0 fully saturated rings. The molecule has 0 saturated carbocycles. The van der Waals surface area contributed by atoms with Gasteiger partial charge in [-0.15, -0.1) is 0 Å². The number of carbonyl (C=O) groups is 2. The topological polar surface area (TPSA) is 58.6 Å². The molecule has 0 spiro atoms. The lowest BCUT2D eigenvalue weighted by atomic mass is 10.1. The van der Waals surface area contributed by atoms with E-state index in [4.69, 9.17) is 4.74 Å². The molecule has 2 aromatic rings. The first-order chi connectivity index (χ1) is 14.0. The Labute approximate surface area is 174 Å². The minimum absolute atomic E-state index is 0.0901. The Morgan fingerprint density at radius 1 is 1.03 bits per heavy atom. The molecule has 0 radical (unpaired) electrons. The van der Waals surface area contributed by atoms with E-state index in [0.717, 1.165) is 11.1 Å². The highest BCUT2D eigenvalue weighted by Gasteiger charge is 2.28. The lowest BCUT2D eigenvalue weighted by molar-refractivity contribution is -0.142. The maximum atomic E-state index is 13.0. The number of hydrogen-bond acceptors (Lipinski definition) is 3. The normalized spacial score (nSPS) is 11.6. The number of benzene rings is 2. The molecule has 5 nitrogen and oxygen atoms in total. The number of hydrogen-bond donors (Lipinski definition) is 1. The number of carbonyl (C=O) groups excluding carboxylic acids is 2.